The summed E-state index contributed by atoms with van der Waals surface area (Å²) in [5, 5.41) is 3.63. The summed E-state index contributed by atoms with van der Waals surface area (Å²) in [6, 6.07) is 13.3. The Labute approximate surface area is 115 Å². The monoisotopic (exact) mass is 274 g/mol. The van der Waals surface area contributed by atoms with Crippen molar-refractivity contribution < 1.29 is 9.21 Å². The lowest BCUT2D eigenvalue weighted by atomic mass is 10.4. The summed E-state index contributed by atoms with van der Waals surface area (Å²) in [7, 11) is 0. The lowest BCUT2D eigenvalue weighted by Gasteiger charge is -2.08. The van der Waals surface area contributed by atoms with E-state index in [0.717, 1.165) is 4.90 Å². The van der Waals surface area contributed by atoms with Gasteiger partial charge in [0.25, 0.3) is 5.91 Å². The van der Waals surface area contributed by atoms with Crippen LogP contribution < -0.4 is 5.43 Å². The van der Waals surface area contributed by atoms with Gasteiger partial charge in [0.05, 0.1) is 17.7 Å². The molecule has 98 valence electrons. The molecule has 0 saturated heterocycles. The van der Waals surface area contributed by atoms with Crippen molar-refractivity contribution in [2.45, 2.75) is 17.1 Å². The Morgan fingerprint density at radius 1 is 1.32 bits per heavy atom. The van der Waals surface area contributed by atoms with Crippen LogP contribution in [0.1, 0.15) is 12.7 Å². The standard InChI is InChI=1S/C14H14N2O2S/c1-11(19-13-7-3-2-4-8-13)14(17)16-15-10-12-6-5-9-18-12/h2-11H,1H3,(H,16,17)/b15-10-/t11-/m1/s1. The number of hydrogen-bond acceptors (Lipinski definition) is 4. The van der Waals surface area contributed by atoms with E-state index in [1.807, 2.05) is 37.3 Å². The van der Waals surface area contributed by atoms with Crippen LogP contribution in [0.15, 0.2) is 63.1 Å². The van der Waals surface area contributed by atoms with Crippen molar-refractivity contribution in [3.63, 3.8) is 0 Å². The summed E-state index contributed by atoms with van der Waals surface area (Å²) in [6.07, 6.45) is 3.02. The molecule has 5 heteroatoms. The number of furan rings is 1. The van der Waals surface area contributed by atoms with Gasteiger partial charge in [0.15, 0.2) is 0 Å². The van der Waals surface area contributed by atoms with Crippen LogP contribution in [-0.4, -0.2) is 17.4 Å². The molecule has 0 saturated carbocycles. The van der Waals surface area contributed by atoms with Gasteiger partial charge in [-0.1, -0.05) is 18.2 Å². The fourth-order valence-corrected chi connectivity index (χ4v) is 2.25. The predicted molar refractivity (Wildman–Crippen MR) is 76.2 cm³/mol. The van der Waals surface area contributed by atoms with Crippen molar-refractivity contribution in [3.05, 3.63) is 54.5 Å². The molecule has 1 amide bonds. The first kappa shape index (κ1) is 13.4. The molecule has 1 aromatic carbocycles. The lowest BCUT2D eigenvalue weighted by molar-refractivity contribution is -0.120. The van der Waals surface area contributed by atoms with E-state index in [0.29, 0.717) is 5.76 Å². The predicted octanol–water partition coefficient (Wildman–Crippen LogP) is 2.91. The molecule has 19 heavy (non-hydrogen) atoms. The van der Waals surface area contributed by atoms with Crippen LogP contribution in [0.5, 0.6) is 0 Å². The minimum atomic E-state index is -0.212. The van der Waals surface area contributed by atoms with Crippen LogP contribution in [0.3, 0.4) is 0 Å². The number of nitrogens with one attached hydrogen (secondary N) is 1. The quantitative estimate of drug-likeness (QED) is 0.518. The van der Waals surface area contributed by atoms with Crippen molar-refractivity contribution >= 4 is 23.9 Å². The molecule has 0 aliphatic heterocycles. The first-order chi connectivity index (χ1) is 9.25. The van der Waals surface area contributed by atoms with Gasteiger partial charge in [-0.15, -0.1) is 11.8 Å². The molecule has 0 fully saturated rings. The Hall–Kier alpha value is -2.01. The Bertz CT molecular complexity index is 538. The number of thioether (sulfide) groups is 1. The zero-order valence-electron chi connectivity index (χ0n) is 10.4. The Morgan fingerprint density at radius 3 is 2.79 bits per heavy atom. The molecular weight excluding hydrogens is 260 g/mol. The first-order valence-corrected chi connectivity index (χ1v) is 6.72. The fourth-order valence-electron chi connectivity index (χ4n) is 1.37. The summed E-state index contributed by atoms with van der Waals surface area (Å²) >= 11 is 1.49. The lowest BCUT2D eigenvalue weighted by Crippen LogP contribution is -2.26. The number of hydrazone groups is 1. The van der Waals surface area contributed by atoms with E-state index in [9.17, 15) is 4.79 Å². The van der Waals surface area contributed by atoms with Crippen LogP contribution in [-0.2, 0) is 4.79 Å². The van der Waals surface area contributed by atoms with Crippen LogP contribution >= 0.6 is 11.8 Å². The van der Waals surface area contributed by atoms with E-state index >= 15 is 0 Å². The second-order valence-electron chi connectivity index (χ2n) is 3.82. The SMILES string of the molecule is C[C@@H](Sc1ccccc1)C(=O)N/N=C\c1ccco1. The van der Waals surface area contributed by atoms with Gasteiger partial charge >= 0.3 is 0 Å². The van der Waals surface area contributed by atoms with Gasteiger partial charge in [0.2, 0.25) is 0 Å². The molecule has 1 heterocycles. The highest BCUT2D eigenvalue weighted by atomic mass is 32.2. The summed E-state index contributed by atoms with van der Waals surface area (Å²) in [4.78, 5) is 12.9. The maximum absolute atomic E-state index is 11.8. The molecule has 2 aromatic rings. The highest BCUT2D eigenvalue weighted by Crippen LogP contribution is 2.22. The maximum atomic E-state index is 11.8. The number of benzene rings is 1. The van der Waals surface area contributed by atoms with E-state index in [4.69, 9.17) is 4.42 Å². The summed E-state index contributed by atoms with van der Waals surface area (Å²) in [5.74, 6) is 0.459. The van der Waals surface area contributed by atoms with Crippen LogP contribution in [0.2, 0.25) is 0 Å². The van der Waals surface area contributed by atoms with Gasteiger partial charge in [-0.25, -0.2) is 5.43 Å². The number of carbonyl (C=O) groups excluding carboxylic acids is 1. The van der Waals surface area contributed by atoms with Crippen molar-refractivity contribution in [2.75, 3.05) is 0 Å². The molecule has 4 nitrogen and oxygen atoms in total. The highest BCUT2D eigenvalue weighted by molar-refractivity contribution is 8.00. The Kier molecular flexibility index (Phi) is 4.80. The van der Waals surface area contributed by atoms with Gasteiger partial charge in [-0.3, -0.25) is 4.79 Å². The minimum Gasteiger partial charge on any atom is -0.463 e. The highest BCUT2D eigenvalue weighted by Gasteiger charge is 2.13. The van der Waals surface area contributed by atoms with E-state index in [1.165, 1.54) is 18.0 Å². The minimum absolute atomic E-state index is 0.142. The second-order valence-corrected chi connectivity index (χ2v) is 5.24. The van der Waals surface area contributed by atoms with Crippen LogP contribution in [0.25, 0.3) is 0 Å². The van der Waals surface area contributed by atoms with E-state index < -0.39 is 0 Å². The van der Waals surface area contributed by atoms with Gasteiger partial charge in [-0.2, -0.15) is 5.10 Å². The molecule has 0 aliphatic carbocycles. The largest absolute Gasteiger partial charge is 0.463 e. The average Bonchev–Trinajstić information content (AvgIpc) is 2.93. The van der Waals surface area contributed by atoms with Crippen molar-refractivity contribution in [1.29, 1.82) is 0 Å². The summed E-state index contributed by atoms with van der Waals surface area (Å²) in [6.45, 7) is 1.84. The Balaban J connectivity index is 1.83. The van der Waals surface area contributed by atoms with Gasteiger partial charge < -0.3 is 4.42 Å². The van der Waals surface area contributed by atoms with Gasteiger partial charge in [0, 0.05) is 4.90 Å². The zero-order valence-corrected chi connectivity index (χ0v) is 11.3. The molecule has 0 spiro atoms. The fraction of sp³-hybridized carbons (Fsp3) is 0.143. The number of amides is 1. The summed E-state index contributed by atoms with van der Waals surface area (Å²) < 4.78 is 5.07. The molecule has 0 unspecified atom stereocenters. The average molecular weight is 274 g/mol. The molecule has 0 aliphatic rings. The molecule has 1 atom stereocenters. The number of nitrogens with zero attached hydrogens (tertiary/aromatic N) is 1. The maximum Gasteiger partial charge on any atom is 0.253 e. The number of hydrogen-bond donors (Lipinski definition) is 1. The van der Waals surface area contributed by atoms with Crippen molar-refractivity contribution in [1.82, 2.24) is 5.43 Å². The smallest absolute Gasteiger partial charge is 0.253 e. The molecule has 1 N–H and O–H groups in total. The second kappa shape index (κ2) is 6.80. The normalized spacial score (nSPS) is 12.5. The van der Waals surface area contributed by atoms with Crippen molar-refractivity contribution in [2.24, 2.45) is 5.10 Å². The third-order valence-corrected chi connectivity index (χ3v) is 3.45. The van der Waals surface area contributed by atoms with E-state index in [2.05, 4.69) is 10.5 Å². The van der Waals surface area contributed by atoms with Crippen LogP contribution in [0, 0.1) is 0 Å². The molecule has 0 bridgehead atoms. The van der Waals surface area contributed by atoms with E-state index in [1.54, 1.807) is 18.4 Å². The van der Waals surface area contributed by atoms with Crippen molar-refractivity contribution in [3.8, 4) is 0 Å². The molecular formula is C14H14N2O2S. The first-order valence-electron chi connectivity index (χ1n) is 5.84. The van der Waals surface area contributed by atoms with Gasteiger partial charge in [-0.05, 0) is 31.2 Å². The number of rotatable bonds is 5. The van der Waals surface area contributed by atoms with E-state index in [-0.39, 0.29) is 11.2 Å². The summed E-state index contributed by atoms with van der Waals surface area (Å²) in [5.41, 5.74) is 2.49. The number of carbonyl (C=O) groups is 1. The Morgan fingerprint density at radius 2 is 2.11 bits per heavy atom. The third-order valence-electron chi connectivity index (χ3n) is 2.34. The van der Waals surface area contributed by atoms with Crippen LogP contribution in [0.4, 0.5) is 0 Å². The third kappa shape index (κ3) is 4.30. The molecule has 0 radical (unpaired) electrons. The zero-order chi connectivity index (χ0) is 13.5. The molecule has 2 rings (SSSR count). The molecule has 1 aromatic heterocycles. The topological polar surface area (TPSA) is 54.6 Å². The van der Waals surface area contributed by atoms with Gasteiger partial charge in [0.1, 0.15) is 5.76 Å².